The van der Waals surface area contributed by atoms with E-state index < -0.39 is 0 Å². The molecule has 0 aromatic carbocycles. The number of H-pyrrole nitrogens is 1. The molecule has 0 radical (unpaired) electrons. The van der Waals surface area contributed by atoms with Gasteiger partial charge in [-0.2, -0.15) is 0 Å². The summed E-state index contributed by atoms with van der Waals surface area (Å²) in [6.07, 6.45) is 4.71. The van der Waals surface area contributed by atoms with E-state index >= 15 is 0 Å². The number of amides is 1. The molecule has 0 saturated carbocycles. The van der Waals surface area contributed by atoms with E-state index in [1.807, 2.05) is 19.1 Å². The number of carbonyl (C=O) groups is 2. The quantitative estimate of drug-likeness (QED) is 0.880. The Kier molecular flexibility index (Phi) is 4.09. The van der Waals surface area contributed by atoms with Crippen LogP contribution in [0.5, 0.6) is 0 Å². The number of esters is 1. The highest BCUT2D eigenvalue weighted by molar-refractivity contribution is 6.05. The number of likely N-dealkylation sites (tertiary alicyclic amines) is 1. The van der Waals surface area contributed by atoms with Crippen LogP contribution in [0.25, 0.3) is 11.0 Å². The highest BCUT2D eigenvalue weighted by Gasteiger charge is 2.29. The Balaban J connectivity index is 1.69. The van der Waals surface area contributed by atoms with Crippen LogP contribution in [-0.2, 0) is 9.53 Å². The van der Waals surface area contributed by atoms with Gasteiger partial charge in [-0.1, -0.05) is 0 Å². The van der Waals surface area contributed by atoms with Gasteiger partial charge in [0, 0.05) is 30.9 Å². The maximum atomic E-state index is 12.6. The second kappa shape index (κ2) is 6.17. The Labute approximate surface area is 128 Å². The molecule has 22 heavy (non-hydrogen) atoms. The summed E-state index contributed by atoms with van der Waals surface area (Å²) in [5.41, 5.74) is 1.35. The second-order valence-electron chi connectivity index (χ2n) is 5.42. The Morgan fingerprint density at radius 3 is 2.91 bits per heavy atom. The molecule has 1 amide bonds. The summed E-state index contributed by atoms with van der Waals surface area (Å²) in [5.74, 6) is -0.249. The van der Waals surface area contributed by atoms with E-state index in [2.05, 4.69) is 9.97 Å². The zero-order valence-electron chi connectivity index (χ0n) is 12.5. The fraction of sp³-hybridized carbons (Fsp3) is 0.438. The minimum Gasteiger partial charge on any atom is -0.466 e. The highest BCUT2D eigenvalue weighted by atomic mass is 16.5. The first-order valence-corrected chi connectivity index (χ1v) is 7.58. The molecular formula is C16H19N3O3. The maximum Gasteiger partial charge on any atom is 0.309 e. The molecule has 3 rings (SSSR count). The minimum absolute atomic E-state index is 0.0124. The van der Waals surface area contributed by atoms with E-state index in [4.69, 9.17) is 4.74 Å². The standard InChI is InChI=1S/C16H19N3O3/c1-2-22-16(21)11-5-8-19(9-6-11)15(20)13-10-18-14-12(13)4-3-7-17-14/h3-4,7,10-11H,2,5-6,8-9H2,1H3,(H,17,18). The molecule has 1 fully saturated rings. The molecule has 3 heterocycles. The van der Waals surface area contributed by atoms with E-state index in [0.717, 1.165) is 5.39 Å². The summed E-state index contributed by atoms with van der Waals surface area (Å²) in [7, 11) is 0. The van der Waals surface area contributed by atoms with Gasteiger partial charge in [-0.05, 0) is 31.9 Å². The molecular weight excluding hydrogens is 282 g/mol. The predicted molar refractivity (Wildman–Crippen MR) is 81.4 cm³/mol. The molecule has 2 aromatic heterocycles. The van der Waals surface area contributed by atoms with Crippen molar-refractivity contribution in [1.29, 1.82) is 0 Å². The van der Waals surface area contributed by atoms with Crippen LogP contribution in [0.1, 0.15) is 30.1 Å². The summed E-state index contributed by atoms with van der Waals surface area (Å²) < 4.78 is 5.05. The van der Waals surface area contributed by atoms with Gasteiger partial charge < -0.3 is 14.6 Å². The summed E-state index contributed by atoms with van der Waals surface area (Å²) in [6, 6.07) is 3.71. The van der Waals surface area contributed by atoms with Crippen LogP contribution in [0.4, 0.5) is 0 Å². The largest absolute Gasteiger partial charge is 0.466 e. The maximum absolute atomic E-state index is 12.6. The number of aromatic nitrogens is 2. The highest BCUT2D eigenvalue weighted by Crippen LogP contribution is 2.23. The first-order chi connectivity index (χ1) is 10.7. The predicted octanol–water partition coefficient (Wildman–Crippen LogP) is 1.98. The third kappa shape index (κ3) is 2.68. The summed E-state index contributed by atoms with van der Waals surface area (Å²) >= 11 is 0. The number of rotatable bonds is 3. The zero-order chi connectivity index (χ0) is 15.5. The molecule has 2 aromatic rings. The van der Waals surface area contributed by atoms with Crippen molar-refractivity contribution in [1.82, 2.24) is 14.9 Å². The van der Waals surface area contributed by atoms with Crippen LogP contribution in [0.15, 0.2) is 24.5 Å². The fourth-order valence-electron chi connectivity index (χ4n) is 2.88. The summed E-state index contributed by atoms with van der Waals surface area (Å²) in [6.45, 7) is 3.37. The number of hydrogen-bond donors (Lipinski definition) is 1. The van der Waals surface area contributed by atoms with Crippen molar-refractivity contribution in [3.05, 3.63) is 30.1 Å². The third-order valence-electron chi connectivity index (χ3n) is 4.08. The average molecular weight is 301 g/mol. The van der Waals surface area contributed by atoms with Crippen molar-refractivity contribution < 1.29 is 14.3 Å². The number of nitrogens with one attached hydrogen (secondary N) is 1. The molecule has 0 atom stereocenters. The van der Waals surface area contributed by atoms with Gasteiger partial charge in [-0.3, -0.25) is 9.59 Å². The van der Waals surface area contributed by atoms with Crippen LogP contribution in [0, 0.1) is 5.92 Å². The molecule has 116 valence electrons. The molecule has 1 saturated heterocycles. The molecule has 6 nitrogen and oxygen atoms in total. The number of piperidine rings is 1. The Morgan fingerprint density at radius 2 is 2.18 bits per heavy atom. The normalized spacial score (nSPS) is 16.0. The molecule has 1 N–H and O–H groups in total. The number of ether oxygens (including phenoxy) is 1. The van der Waals surface area contributed by atoms with E-state index in [1.54, 1.807) is 17.3 Å². The van der Waals surface area contributed by atoms with Gasteiger partial charge in [-0.25, -0.2) is 4.98 Å². The monoisotopic (exact) mass is 301 g/mol. The Bertz CT molecular complexity index is 687. The molecule has 0 unspecified atom stereocenters. The number of carbonyl (C=O) groups excluding carboxylic acids is 2. The van der Waals surface area contributed by atoms with Gasteiger partial charge in [0.1, 0.15) is 5.65 Å². The lowest BCUT2D eigenvalue weighted by molar-refractivity contribution is -0.149. The van der Waals surface area contributed by atoms with Crippen molar-refractivity contribution in [2.45, 2.75) is 19.8 Å². The van der Waals surface area contributed by atoms with E-state index in [9.17, 15) is 9.59 Å². The second-order valence-corrected chi connectivity index (χ2v) is 5.42. The Hall–Kier alpha value is -2.37. The third-order valence-corrected chi connectivity index (χ3v) is 4.08. The fourth-order valence-corrected chi connectivity index (χ4v) is 2.88. The first-order valence-electron chi connectivity index (χ1n) is 7.58. The summed E-state index contributed by atoms with van der Waals surface area (Å²) in [5, 5.41) is 0.833. The molecule has 0 aliphatic carbocycles. The molecule has 6 heteroatoms. The van der Waals surface area contributed by atoms with Gasteiger partial charge in [-0.15, -0.1) is 0 Å². The van der Waals surface area contributed by atoms with E-state index in [0.29, 0.717) is 43.7 Å². The number of aromatic amines is 1. The van der Waals surface area contributed by atoms with E-state index in [-0.39, 0.29) is 17.8 Å². The smallest absolute Gasteiger partial charge is 0.309 e. The van der Waals surface area contributed by atoms with Gasteiger partial charge in [0.15, 0.2) is 0 Å². The van der Waals surface area contributed by atoms with Crippen LogP contribution in [0.3, 0.4) is 0 Å². The SMILES string of the molecule is CCOC(=O)C1CCN(C(=O)c2c[nH]c3ncccc23)CC1. The first kappa shape index (κ1) is 14.6. The topological polar surface area (TPSA) is 75.3 Å². The van der Waals surface area contributed by atoms with Crippen molar-refractivity contribution in [3.63, 3.8) is 0 Å². The summed E-state index contributed by atoms with van der Waals surface area (Å²) in [4.78, 5) is 33.4. The molecule has 0 spiro atoms. The van der Waals surface area contributed by atoms with Crippen LogP contribution in [-0.4, -0.2) is 46.4 Å². The Morgan fingerprint density at radius 1 is 1.41 bits per heavy atom. The average Bonchev–Trinajstić information content (AvgIpc) is 2.98. The number of fused-ring (bicyclic) bond motifs is 1. The lowest BCUT2D eigenvalue weighted by Crippen LogP contribution is -2.40. The number of hydrogen-bond acceptors (Lipinski definition) is 4. The number of pyridine rings is 1. The molecule has 1 aliphatic rings. The van der Waals surface area contributed by atoms with E-state index in [1.165, 1.54) is 0 Å². The van der Waals surface area contributed by atoms with Crippen LogP contribution in [0.2, 0.25) is 0 Å². The van der Waals surface area contributed by atoms with Gasteiger partial charge in [0.2, 0.25) is 0 Å². The lowest BCUT2D eigenvalue weighted by atomic mass is 9.96. The van der Waals surface area contributed by atoms with Crippen molar-refractivity contribution in [3.8, 4) is 0 Å². The van der Waals surface area contributed by atoms with Gasteiger partial charge >= 0.3 is 5.97 Å². The van der Waals surface area contributed by atoms with Gasteiger partial charge in [0.05, 0.1) is 18.1 Å². The van der Waals surface area contributed by atoms with Crippen molar-refractivity contribution in [2.24, 2.45) is 5.92 Å². The molecule has 0 bridgehead atoms. The van der Waals surface area contributed by atoms with Crippen molar-refractivity contribution >= 4 is 22.9 Å². The lowest BCUT2D eigenvalue weighted by Gasteiger charge is -2.30. The van der Waals surface area contributed by atoms with Crippen LogP contribution >= 0.6 is 0 Å². The molecule has 1 aliphatic heterocycles. The van der Waals surface area contributed by atoms with Crippen molar-refractivity contribution in [2.75, 3.05) is 19.7 Å². The van der Waals surface area contributed by atoms with Crippen LogP contribution < -0.4 is 0 Å². The van der Waals surface area contributed by atoms with Gasteiger partial charge in [0.25, 0.3) is 5.91 Å². The minimum atomic E-state index is -0.147. The number of nitrogens with zero attached hydrogens (tertiary/aromatic N) is 2. The zero-order valence-corrected chi connectivity index (χ0v) is 12.5.